The van der Waals surface area contributed by atoms with Gasteiger partial charge in [-0.2, -0.15) is 0 Å². The zero-order valence-electron chi connectivity index (χ0n) is 12.7. The van der Waals surface area contributed by atoms with Crippen LogP contribution in [0.5, 0.6) is 0 Å². The fourth-order valence-electron chi connectivity index (χ4n) is 2.08. The summed E-state index contributed by atoms with van der Waals surface area (Å²) in [5.41, 5.74) is 8.58. The quantitative estimate of drug-likeness (QED) is 0.139. The van der Waals surface area contributed by atoms with Crippen molar-refractivity contribution >= 4 is 29.5 Å². The monoisotopic (exact) mass is 349 g/mol. The van der Waals surface area contributed by atoms with Crippen molar-refractivity contribution in [2.45, 2.75) is 50.7 Å². The van der Waals surface area contributed by atoms with Gasteiger partial charge in [0.15, 0.2) is 6.10 Å². The van der Waals surface area contributed by atoms with Crippen LogP contribution in [-0.2, 0) is 33.3 Å². The second kappa shape index (κ2) is 8.00. The first kappa shape index (κ1) is 19.0. The van der Waals surface area contributed by atoms with E-state index in [0.29, 0.717) is 0 Å². The molecule has 10 nitrogen and oxygen atoms in total. The zero-order valence-corrected chi connectivity index (χ0v) is 13.5. The number of halogens is 1. The Kier molecular flexibility index (Phi) is 6.62. The van der Waals surface area contributed by atoms with Crippen LogP contribution in [0.2, 0.25) is 0 Å². The Morgan fingerprint density at radius 3 is 2.35 bits per heavy atom. The van der Waals surface area contributed by atoms with E-state index in [1.807, 2.05) is 0 Å². The number of hydrogen-bond donors (Lipinski definition) is 0. The molecule has 128 valence electrons. The maximum Gasteiger partial charge on any atom is 0.303 e. The number of azide groups is 1. The van der Waals surface area contributed by atoms with Gasteiger partial charge in [-0.1, -0.05) is 11.6 Å². The number of nitrogens with zero attached hydrogens (tertiary/aromatic N) is 3. The first-order valence-electron chi connectivity index (χ1n) is 6.57. The molecule has 11 heteroatoms. The Bertz CT molecular complexity index is 537. The van der Waals surface area contributed by atoms with Crippen LogP contribution in [0, 0.1) is 0 Å². The van der Waals surface area contributed by atoms with Crippen LogP contribution < -0.4 is 0 Å². The van der Waals surface area contributed by atoms with Gasteiger partial charge in [0.2, 0.25) is 5.18 Å². The summed E-state index contributed by atoms with van der Waals surface area (Å²) in [5, 5.41) is 1.45. The molecule has 0 aromatic rings. The SMILES string of the molecule is CC(=O)OC[C@H]1O[C@](Cl)(N=[N+]=[N-])C[C@@H](OC(C)=O)[C@H]1OC(C)=O. The van der Waals surface area contributed by atoms with Crippen LogP contribution >= 0.6 is 11.6 Å². The lowest BCUT2D eigenvalue weighted by molar-refractivity contribution is -0.222. The Morgan fingerprint density at radius 1 is 1.26 bits per heavy atom. The van der Waals surface area contributed by atoms with Gasteiger partial charge in [0.25, 0.3) is 0 Å². The summed E-state index contributed by atoms with van der Waals surface area (Å²) in [7, 11) is 0. The van der Waals surface area contributed by atoms with Gasteiger partial charge in [0, 0.05) is 32.1 Å². The molecule has 1 saturated heterocycles. The number of alkyl halides is 1. The van der Waals surface area contributed by atoms with Crippen molar-refractivity contribution in [1.82, 2.24) is 0 Å². The molecule has 0 bridgehead atoms. The number of ether oxygens (including phenoxy) is 4. The topological polar surface area (TPSA) is 137 Å². The first-order chi connectivity index (χ1) is 10.7. The van der Waals surface area contributed by atoms with Crippen molar-refractivity contribution in [3.05, 3.63) is 10.4 Å². The summed E-state index contributed by atoms with van der Waals surface area (Å²) >= 11 is 6.05. The third-order valence-electron chi connectivity index (χ3n) is 2.78. The van der Waals surface area contributed by atoms with Gasteiger partial charge in [0.05, 0.1) is 0 Å². The molecule has 1 heterocycles. The van der Waals surface area contributed by atoms with Crippen LogP contribution in [0.4, 0.5) is 0 Å². The maximum absolute atomic E-state index is 11.3. The number of rotatable bonds is 5. The van der Waals surface area contributed by atoms with E-state index in [2.05, 4.69) is 10.0 Å². The van der Waals surface area contributed by atoms with E-state index in [1.54, 1.807) is 0 Å². The minimum Gasteiger partial charge on any atom is -0.463 e. The Balaban J connectivity index is 3.09. The first-order valence-corrected chi connectivity index (χ1v) is 6.95. The van der Waals surface area contributed by atoms with E-state index in [4.69, 9.17) is 36.1 Å². The fourth-order valence-corrected chi connectivity index (χ4v) is 2.38. The van der Waals surface area contributed by atoms with Gasteiger partial charge >= 0.3 is 17.9 Å². The molecule has 4 atom stereocenters. The molecular formula is C12H16ClN3O7. The number of hydrogen-bond acceptors (Lipinski definition) is 8. The van der Waals surface area contributed by atoms with Crippen LogP contribution in [0.25, 0.3) is 10.4 Å². The molecule has 0 radical (unpaired) electrons. The van der Waals surface area contributed by atoms with Gasteiger partial charge < -0.3 is 18.9 Å². The molecule has 0 N–H and O–H groups in total. The van der Waals surface area contributed by atoms with Crippen LogP contribution in [0.3, 0.4) is 0 Å². The molecule has 1 rings (SSSR count). The predicted molar refractivity (Wildman–Crippen MR) is 75.0 cm³/mol. The van der Waals surface area contributed by atoms with Crippen LogP contribution in [-0.4, -0.2) is 48.0 Å². The Morgan fingerprint density at radius 2 is 1.87 bits per heavy atom. The average Bonchev–Trinajstić information content (AvgIpc) is 2.38. The summed E-state index contributed by atoms with van der Waals surface area (Å²) in [6.07, 6.45) is -3.43. The van der Waals surface area contributed by atoms with Crippen molar-refractivity contribution in [1.29, 1.82) is 0 Å². The van der Waals surface area contributed by atoms with E-state index in [-0.39, 0.29) is 13.0 Å². The average molecular weight is 350 g/mol. The molecule has 1 aliphatic rings. The lowest BCUT2D eigenvalue weighted by Crippen LogP contribution is -2.56. The van der Waals surface area contributed by atoms with Crippen molar-refractivity contribution in [3.63, 3.8) is 0 Å². The van der Waals surface area contributed by atoms with Crippen LogP contribution in [0.1, 0.15) is 27.2 Å². The van der Waals surface area contributed by atoms with Gasteiger partial charge in [-0.05, 0) is 10.6 Å². The summed E-state index contributed by atoms with van der Waals surface area (Å²) < 4.78 is 20.4. The fraction of sp³-hybridized carbons (Fsp3) is 0.750. The zero-order chi connectivity index (χ0) is 17.6. The molecule has 0 aromatic carbocycles. The molecule has 1 fully saturated rings. The molecule has 0 aromatic heterocycles. The third kappa shape index (κ3) is 5.93. The van der Waals surface area contributed by atoms with Gasteiger partial charge in [-0.3, -0.25) is 14.4 Å². The molecule has 0 aliphatic carbocycles. The van der Waals surface area contributed by atoms with Crippen molar-refractivity contribution in [2.24, 2.45) is 5.11 Å². The summed E-state index contributed by atoms with van der Waals surface area (Å²) in [6, 6.07) is 0. The predicted octanol–water partition coefficient (Wildman–Crippen LogP) is 1.40. The second-order valence-corrected chi connectivity index (χ2v) is 5.35. The van der Waals surface area contributed by atoms with Gasteiger partial charge in [-0.25, -0.2) is 0 Å². The molecule has 1 aliphatic heterocycles. The highest BCUT2D eigenvalue weighted by molar-refractivity contribution is 6.22. The third-order valence-corrected chi connectivity index (χ3v) is 3.10. The molecule has 0 saturated carbocycles. The van der Waals surface area contributed by atoms with E-state index >= 15 is 0 Å². The minimum atomic E-state index is -1.86. The van der Waals surface area contributed by atoms with E-state index in [0.717, 1.165) is 13.8 Å². The standard InChI is InChI=1S/C12H16ClN3O7/c1-6(17)20-5-10-11(22-8(3)19)9(21-7(2)18)4-12(13,23-10)15-16-14/h9-11H,4-5H2,1-3H3/t9-,10-,11-,12-/m1/s1. The van der Waals surface area contributed by atoms with E-state index in [9.17, 15) is 14.4 Å². The number of carbonyl (C=O) groups excluding carboxylic acids is 3. The molecule has 0 spiro atoms. The summed E-state index contributed by atoms with van der Waals surface area (Å²) in [6.45, 7) is 3.16. The normalized spacial score (nSPS) is 29.8. The van der Waals surface area contributed by atoms with Crippen molar-refractivity contribution < 1.29 is 33.3 Å². The van der Waals surface area contributed by atoms with Gasteiger partial charge in [-0.15, -0.1) is 0 Å². The number of carbonyl (C=O) groups is 3. The molecule has 0 unspecified atom stereocenters. The second-order valence-electron chi connectivity index (χ2n) is 4.76. The minimum absolute atomic E-state index is 0.243. The van der Waals surface area contributed by atoms with E-state index in [1.165, 1.54) is 6.92 Å². The Labute approximate surface area is 136 Å². The van der Waals surface area contributed by atoms with Crippen LogP contribution in [0.15, 0.2) is 5.11 Å². The molecular weight excluding hydrogens is 334 g/mol. The van der Waals surface area contributed by atoms with Crippen molar-refractivity contribution in [3.8, 4) is 0 Å². The lowest BCUT2D eigenvalue weighted by atomic mass is 10.00. The van der Waals surface area contributed by atoms with E-state index < -0.39 is 41.4 Å². The maximum atomic E-state index is 11.3. The highest BCUT2D eigenvalue weighted by Crippen LogP contribution is 2.37. The smallest absolute Gasteiger partial charge is 0.303 e. The summed E-state index contributed by atoms with van der Waals surface area (Å²) in [5.74, 6) is -1.91. The largest absolute Gasteiger partial charge is 0.463 e. The molecule has 0 amide bonds. The lowest BCUT2D eigenvalue weighted by Gasteiger charge is -2.42. The van der Waals surface area contributed by atoms with Gasteiger partial charge in [0.1, 0.15) is 18.8 Å². The highest BCUT2D eigenvalue weighted by Gasteiger charge is 2.50. The number of esters is 3. The highest BCUT2D eigenvalue weighted by atomic mass is 35.5. The Hall–Kier alpha value is -2.03. The summed E-state index contributed by atoms with van der Waals surface area (Å²) in [4.78, 5) is 36.1. The molecule has 23 heavy (non-hydrogen) atoms. The van der Waals surface area contributed by atoms with Crippen molar-refractivity contribution in [2.75, 3.05) is 6.61 Å².